The number of nitro groups is 1. The zero-order chi connectivity index (χ0) is 15.3. The third-order valence-corrected chi connectivity index (χ3v) is 5.34. The minimum Gasteiger partial charge on any atom is -0.258 e. The molecule has 0 radical (unpaired) electrons. The van der Waals surface area contributed by atoms with E-state index in [-0.39, 0.29) is 21.6 Å². The molecule has 0 aliphatic rings. The predicted molar refractivity (Wildman–Crippen MR) is 80.9 cm³/mol. The van der Waals surface area contributed by atoms with Crippen molar-refractivity contribution in [2.24, 2.45) is 0 Å². The van der Waals surface area contributed by atoms with Gasteiger partial charge in [0.25, 0.3) is 5.69 Å². The lowest BCUT2D eigenvalue weighted by molar-refractivity contribution is -0.385. The molecule has 0 aliphatic heterocycles. The summed E-state index contributed by atoms with van der Waals surface area (Å²) >= 11 is 7.36. The predicted octanol–water partition coefficient (Wildman–Crippen LogP) is 2.67. The summed E-state index contributed by atoms with van der Waals surface area (Å²) in [5, 5.41) is 10.7. The van der Waals surface area contributed by atoms with Gasteiger partial charge in [-0.05, 0) is 18.7 Å². The van der Waals surface area contributed by atoms with Crippen LogP contribution >= 0.6 is 23.4 Å². The Balaban J connectivity index is 3.14. The van der Waals surface area contributed by atoms with Crippen LogP contribution in [0, 0.1) is 10.1 Å². The molecule has 0 aromatic heterocycles. The van der Waals surface area contributed by atoms with E-state index < -0.39 is 14.9 Å². The highest BCUT2D eigenvalue weighted by atomic mass is 35.5. The van der Waals surface area contributed by atoms with Crippen LogP contribution in [-0.2, 0) is 10.0 Å². The quantitative estimate of drug-likeness (QED) is 0.609. The number of sulfonamides is 1. The first-order valence-corrected chi connectivity index (χ1v) is 9.02. The van der Waals surface area contributed by atoms with Gasteiger partial charge in [0.1, 0.15) is 4.90 Å². The van der Waals surface area contributed by atoms with Crippen LogP contribution in [0.4, 0.5) is 5.69 Å². The van der Waals surface area contributed by atoms with E-state index in [2.05, 4.69) is 4.72 Å². The van der Waals surface area contributed by atoms with Crippen molar-refractivity contribution in [3.8, 4) is 0 Å². The van der Waals surface area contributed by atoms with Gasteiger partial charge in [-0.25, -0.2) is 13.1 Å². The second kappa shape index (κ2) is 7.26. The Bertz CT molecular complexity index is 592. The maximum atomic E-state index is 12.2. The fourth-order valence-corrected chi connectivity index (χ4v) is 4.20. The number of benzene rings is 1. The molecule has 0 heterocycles. The van der Waals surface area contributed by atoms with Crippen molar-refractivity contribution in [3.63, 3.8) is 0 Å². The van der Waals surface area contributed by atoms with E-state index in [0.717, 1.165) is 6.07 Å². The van der Waals surface area contributed by atoms with Gasteiger partial charge >= 0.3 is 0 Å². The van der Waals surface area contributed by atoms with Crippen molar-refractivity contribution < 1.29 is 13.3 Å². The molecule has 1 rings (SSSR count). The van der Waals surface area contributed by atoms with Gasteiger partial charge in [0, 0.05) is 23.9 Å². The van der Waals surface area contributed by atoms with Gasteiger partial charge in [-0.3, -0.25) is 10.1 Å². The molecule has 1 unspecified atom stereocenters. The topological polar surface area (TPSA) is 89.3 Å². The van der Waals surface area contributed by atoms with Crippen LogP contribution in [0.15, 0.2) is 23.1 Å². The smallest absolute Gasteiger partial charge is 0.258 e. The lowest BCUT2D eigenvalue weighted by Crippen LogP contribution is -2.36. The standard InChI is InChI=1S/C11H15ClN2O4S2/c1-3-8(7-19-2)13-20(17,18)11-6-9(14(15)16)4-5-10(11)12/h4-6,8,13H,3,7H2,1-2H3. The van der Waals surface area contributed by atoms with Crippen LogP contribution in [0.3, 0.4) is 0 Å². The van der Waals surface area contributed by atoms with E-state index in [9.17, 15) is 18.5 Å². The molecule has 6 nitrogen and oxygen atoms in total. The maximum absolute atomic E-state index is 12.2. The Kier molecular flexibility index (Phi) is 6.25. The average molecular weight is 339 g/mol. The summed E-state index contributed by atoms with van der Waals surface area (Å²) in [6.45, 7) is 1.86. The fraction of sp³-hybridized carbons (Fsp3) is 0.455. The third kappa shape index (κ3) is 4.34. The van der Waals surface area contributed by atoms with Crippen LogP contribution < -0.4 is 4.72 Å². The second-order valence-corrected chi connectivity index (χ2v) is 7.05. The number of nitro benzene ring substituents is 1. The highest BCUT2D eigenvalue weighted by Crippen LogP contribution is 2.26. The largest absolute Gasteiger partial charge is 0.270 e. The van der Waals surface area contributed by atoms with E-state index in [1.54, 1.807) is 0 Å². The van der Waals surface area contributed by atoms with E-state index in [1.807, 2.05) is 13.2 Å². The molecule has 112 valence electrons. The van der Waals surface area contributed by atoms with Crippen LogP contribution in [0.5, 0.6) is 0 Å². The lowest BCUT2D eigenvalue weighted by atomic mass is 10.3. The van der Waals surface area contributed by atoms with Crippen LogP contribution in [0.25, 0.3) is 0 Å². The zero-order valence-electron chi connectivity index (χ0n) is 11.0. The molecule has 0 spiro atoms. The van der Waals surface area contributed by atoms with Gasteiger partial charge in [0.2, 0.25) is 10.0 Å². The molecular weight excluding hydrogens is 324 g/mol. The highest BCUT2D eigenvalue weighted by molar-refractivity contribution is 7.98. The number of hydrogen-bond acceptors (Lipinski definition) is 5. The molecule has 0 aliphatic carbocycles. The Morgan fingerprint density at radius 1 is 1.50 bits per heavy atom. The molecule has 1 atom stereocenters. The Labute approximate surface area is 127 Å². The first kappa shape index (κ1) is 17.2. The summed E-state index contributed by atoms with van der Waals surface area (Å²) < 4.78 is 27.0. The van der Waals surface area contributed by atoms with Gasteiger partial charge in [-0.2, -0.15) is 11.8 Å². The van der Waals surface area contributed by atoms with E-state index in [0.29, 0.717) is 12.2 Å². The summed E-state index contributed by atoms with van der Waals surface area (Å²) in [5.74, 6) is 0.613. The summed E-state index contributed by atoms with van der Waals surface area (Å²) in [7, 11) is -3.88. The molecule has 0 amide bonds. The zero-order valence-corrected chi connectivity index (χ0v) is 13.4. The summed E-state index contributed by atoms with van der Waals surface area (Å²) in [4.78, 5) is 9.79. The van der Waals surface area contributed by atoms with Gasteiger partial charge in [0.15, 0.2) is 0 Å². The molecule has 20 heavy (non-hydrogen) atoms. The normalized spacial score (nSPS) is 13.2. The van der Waals surface area contributed by atoms with Crippen LogP contribution in [-0.4, -0.2) is 31.4 Å². The van der Waals surface area contributed by atoms with Crippen molar-refractivity contribution in [1.82, 2.24) is 4.72 Å². The minimum atomic E-state index is -3.88. The lowest BCUT2D eigenvalue weighted by Gasteiger charge is -2.16. The molecule has 0 saturated carbocycles. The Hall–Kier alpha value is -0.830. The fourth-order valence-electron chi connectivity index (χ4n) is 1.53. The SMILES string of the molecule is CCC(CSC)NS(=O)(=O)c1cc([N+](=O)[O-])ccc1Cl. The summed E-state index contributed by atoms with van der Waals surface area (Å²) in [5.41, 5.74) is -0.312. The molecule has 0 saturated heterocycles. The molecule has 1 aromatic carbocycles. The van der Waals surface area contributed by atoms with Crippen molar-refractivity contribution >= 4 is 39.1 Å². The van der Waals surface area contributed by atoms with Gasteiger partial charge in [-0.15, -0.1) is 0 Å². The number of halogens is 1. The van der Waals surface area contributed by atoms with Crippen molar-refractivity contribution in [2.75, 3.05) is 12.0 Å². The maximum Gasteiger partial charge on any atom is 0.270 e. The molecule has 1 aromatic rings. The number of thioether (sulfide) groups is 1. The number of hydrogen-bond donors (Lipinski definition) is 1. The third-order valence-electron chi connectivity index (χ3n) is 2.60. The average Bonchev–Trinajstić information content (AvgIpc) is 2.37. The first-order chi connectivity index (χ1) is 9.31. The van der Waals surface area contributed by atoms with Gasteiger partial charge in [-0.1, -0.05) is 18.5 Å². The molecule has 9 heteroatoms. The van der Waals surface area contributed by atoms with E-state index >= 15 is 0 Å². The van der Waals surface area contributed by atoms with Gasteiger partial charge < -0.3 is 0 Å². The molecule has 1 N–H and O–H groups in total. The Morgan fingerprint density at radius 3 is 2.65 bits per heavy atom. The van der Waals surface area contributed by atoms with Crippen LogP contribution in [0.2, 0.25) is 5.02 Å². The molecule has 0 bridgehead atoms. The van der Waals surface area contributed by atoms with Crippen molar-refractivity contribution in [2.45, 2.75) is 24.3 Å². The first-order valence-electron chi connectivity index (χ1n) is 5.77. The Morgan fingerprint density at radius 2 is 2.15 bits per heavy atom. The van der Waals surface area contributed by atoms with E-state index in [4.69, 9.17) is 11.6 Å². The van der Waals surface area contributed by atoms with Crippen LogP contribution in [0.1, 0.15) is 13.3 Å². The monoisotopic (exact) mass is 338 g/mol. The second-order valence-electron chi connectivity index (χ2n) is 4.05. The summed E-state index contributed by atoms with van der Waals surface area (Å²) in [6, 6.07) is 3.10. The minimum absolute atomic E-state index is 0.0397. The molecular formula is C11H15ClN2O4S2. The summed E-state index contributed by atoms with van der Waals surface area (Å²) in [6.07, 6.45) is 2.49. The highest BCUT2D eigenvalue weighted by Gasteiger charge is 2.24. The number of nitrogens with zero attached hydrogens (tertiary/aromatic N) is 1. The van der Waals surface area contributed by atoms with Crippen molar-refractivity contribution in [3.05, 3.63) is 33.3 Å². The van der Waals surface area contributed by atoms with E-state index in [1.165, 1.54) is 23.9 Å². The van der Waals surface area contributed by atoms with Crippen molar-refractivity contribution in [1.29, 1.82) is 0 Å². The molecule has 0 fully saturated rings. The number of nitrogens with one attached hydrogen (secondary N) is 1. The number of non-ortho nitro benzene ring substituents is 1. The number of rotatable bonds is 7. The van der Waals surface area contributed by atoms with Gasteiger partial charge in [0.05, 0.1) is 9.95 Å².